The average Bonchev–Trinajstić information content (AvgIpc) is 3.91. The van der Waals surface area contributed by atoms with Crippen LogP contribution in [0, 0.1) is 0 Å². The molecule has 2 aliphatic carbocycles. The lowest BCUT2D eigenvalue weighted by Crippen LogP contribution is -2.25. The summed E-state index contributed by atoms with van der Waals surface area (Å²) < 4.78 is 6.87. The van der Waals surface area contributed by atoms with Crippen LogP contribution in [0.1, 0.15) is 22.3 Å². The van der Waals surface area contributed by atoms with Crippen LogP contribution in [0.25, 0.3) is 89.5 Å². The predicted octanol–water partition coefficient (Wildman–Crippen LogP) is 12.8. The summed E-state index contributed by atoms with van der Waals surface area (Å²) in [4.78, 5) is 15.1. The summed E-state index contributed by atoms with van der Waals surface area (Å²) in [6.45, 7) is 0. The monoisotopic (exact) mass is 713 g/mol. The van der Waals surface area contributed by atoms with E-state index >= 15 is 0 Å². The largest absolute Gasteiger partial charge is 0.455 e. The molecular formula is C52H31N3O. The molecule has 0 amide bonds. The van der Waals surface area contributed by atoms with Crippen molar-refractivity contribution in [2.75, 3.05) is 0 Å². The van der Waals surface area contributed by atoms with Crippen LogP contribution in [0.5, 0.6) is 0 Å². The molecule has 0 aliphatic heterocycles. The van der Waals surface area contributed by atoms with Gasteiger partial charge in [-0.15, -0.1) is 0 Å². The number of furan rings is 1. The maximum absolute atomic E-state index is 6.87. The molecule has 0 radical (unpaired) electrons. The number of nitrogens with zero attached hydrogens (tertiary/aromatic N) is 3. The number of hydrogen-bond acceptors (Lipinski definition) is 4. The van der Waals surface area contributed by atoms with Gasteiger partial charge in [-0.1, -0.05) is 176 Å². The highest BCUT2D eigenvalue weighted by molar-refractivity contribution is 6.15. The highest BCUT2D eigenvalue weighted by Crippen LogP contribution is 2.63. The van der Waals surface area contributed by atoms with Gasteiger partial charge in [0.15, 0.2) is 17.5 Å². The zero-order chi connectivity index (χ0) is 36.8. The second-order valence-corrected chi connectivity index (χ2v) is 14.6. The minimum Gasteiger partial charge on any atom is -0.455 e. The molecule has 0 fully saturated rings. The van der Waals surface area contributed by atoms with Gasteiger partial charge in [-0.25, -0.2) is 15.0 Å². The molecule has 0 N–H and O–H groups in total. The summed E-state index contributed by atoms with van der Waals surface area (Å²) in [7, 11) is 0. The quantitative estimate of drug-likeness (QED) is 0.182. The molecule has 0 unspecified atom stereocenters. The third kappa shape index (κ3) is 4.27. The van der Waals surface area contributed by atoms with E-state index in [9.17, 15) is 0 Å². The Morgan fingerprint density at radius 1 is 0.339 bits per heavy atom. The van der Waals surface area contributed by atoms with Crippen molar-refractivity contribution in [2.45, 2.75) is 5.41 Å². The topological polar surface area (TPSA) is 51.8 Å². The van der Waals surface area contributed by atoms with Crippen molar-refractivity contribution in [1.29, 1.82) is 0 Å². The summed E-state index contributed by atoms with van der Waals surface area (Å²) in [6.07, 6.45) is 0. The molecule has 2 aliphatic rings. The minimum atomic E-state index is -0.421. The Morgan fingerprint density at radius 2 is 0.821 bits per heavy atom. The zero-order valence-corrected chi connectivity index (χ0v) is 30.1. The Hall–Kier alpha value is -7.43. The van der Waals surface area contributed by atoms with Crippen LogP contribution in [0.2, 0.25) is 0 Å². The Kier molecular flexibility index (Phi) is 6.52. The van der Waals surface area contributed by atoms with Crippen LogP contribution in [-0.4, -0.2) is 15.0 Å². The normalized spacial score (nSPS) is 13.1. The molecule has 10 aromatic rings. The van der Waals surface area contributed by atoms with Gasteiger partial charge in [0.05, 0.1) is 5.41 Å². The summed E-state index contributed by atoms with van der Waals surface area (Å²) in [5.41, 5.74) is 16.6. The lowest BCUT2D eigenvalue weighted by atomic mass is 9.70. The number of para-hydroxylation sites is 1. The first-order valence-corrected chi connectivity index (χ1v) is 19.0. The van der Waals surface area contributed by atoms with Gasteiger partial charge >= 0.3 is 0 Å². The van der Waals surface area contributed by atoms with Crippen molar-refractivity contribution >= 4 is 21.9 Å². The molecule has 2 heterocycles. The molecule has 260 valence electrons. The summed E-state index contributed by atoms with van der Waals surface area (Å²) in [5.74, 6) is 1.86. The Labute approximate surface area is 323 Å². The second kappa shape index (κ2) is 11.8. The van der Waals surface area contributed by atoms with Crippen molar-refractivity contribution in [3.63, 3.8) is 0 Å². The number of aromatic nitrogens is 3. The number of benzene rings is 8. The van der Waals surface area contributed by atoms with E-state index in [4.69, 9.17) is 19.4 Å². The Bertz CT molecular complexity index is 3080. The van der Waals surface area contributed by atoms with E-state index < -0.39 is 5.41 Å². The van der Waals surface area contributed by atoms with Gasteiger partial charge in [0.25, 0.3) is 0 Å². The molecule has 12 rings (SSSR count). The molecule has 4 heteroatoms. The predicted molar refractivity (Wildman–Crippen MR) is 225 cm³/mol. The van der Waals surface area contributed by atoms with Gasteiger partial charge in [-0.3, -0.25) is 0 Å². The van der Waals surface area contributed by atoms with Crippen LogP contribution < -0.4 is 0 Å². The number of fused-ring (bicyclic) bond motifs is 13. The Morgan fingerprint density at radius 3 is 1.43 bits per heavy atom. The molecule has 0 saturated heterocycles. The van der Waals surface area contributed by atoms with Crippen molar-refractivity contribution in [3.8, 4) is 67.5 Å². The molecular weight excluding hydrogens is 683 g/mol. The molecule has 0 saturated carbocycles. The molecule has 8 aromatic carbocycles. The number of hydrogen-bond donors (Lipinski definition) is 0. The van der Waals surface area contributed by atoms with E-state index in [0.29, 0.717) is 17.5 Å². The second-order valence-electron chi connectivity index (χ2n) is 14.6. The van der Waals surface area contributed by atoms with Crippen LogP contribution >= 0.6 is 0 Å². The van der Waals surface area contributed by atoms with Gasteiger partial charge in [0.1, 0.15) is 11.2 Å². The van der Waals surface area contributed by atoms with Crippen LogP contribution in [0.4, 0.5) is 0 Å². The molecule has 0 bridgehead atoms. The first-order valence-electron chi connectivity index (χ1n) is 19.0. The molecule has 4 nitrogen and oxygen atoms in total. The smallest absolute Gasteiger partial charge is 0.164 e. The fraction of sp³-hybridized carbons (Fsp3) is 0.0192. The standard InChI is InChI=1S/C52H31N3O/c1-3-15-32(16-4-1)49-53-50(33-17-5-2-6-18-33)55-51(54-49)41-24-14-28-46-47(41)40-23-13-22-35(48(40)56-46)34-29-30-39-38-21-9-12-27-44(38)52(45(39)31-34)42-25-10-7-19-36(42)37-20-8-11-26-43(37)52/h1-31H. The van der Waals surface area contributed by atoms with Crippen LogP contribution in [-0.2, 0) is 5.41 Å². The van der Waals surface area contributed by atoms with Gasteiger partial charge < -0.3 is 4.42 Å². The fourth-order valence-corrected chi connectivity index (χ4v) is 9.45. The van der Waals surface area contributed by atoms with E-state index in [2.05, 4.69) is 115 Å². The lowest BCUT2D eigenvalue weighted by Gasteiger charge is -2.30. The fourth-order valence-electron chi connectivity index (χ4n) is 9.45. The van der Waals surface area contributed by atoms with Gasteiger partial charge in [0.2, 0.25) is 0 Å². The highest BCUT2D eigenvalue weighted by Gasteiger charge is 2.51. The SMILES string of the molecule is c1ccc(-c2nc(-c3ccccc3)nc(-c3cccc4oc5c(-c6ccc7c(c6)C6(c8ccccc8-c8ccccc86)c6ccccc6-7)cccc5c34)n2)cc1. The molecule has 56 heavy (non-hydrogen) atoms. The van der Waals surface area contributed by atoms with Crippen molar-refractivity contribution in [1.82, 2.24) is 15.0 Å². The van der Waals surface area contributed by atoms with E-state index in [-0.39, 0.29) is 0 Å². The third-order valence-electron chi connectivity index (χ3n) is 11.8. The third-order valence-corrected chi connectivity index (χ3v) is 11.8. The van der Waals surface area contributed by atoms with Crippen molar-refractivity contribution in [2.24, 2.45) is 0 Å². The summed E-state index contributed by atoms with van der Waals surface area (Å²) >= 11 is 0. The van der Waals surface area contributed by atoms with Crippen LogP contribution in [0.3, 0.4) is 0 Å². The van der Waals surface area contributed by atoms with E-state index in [1.807, 2.05) is 72.8 Å². The van der Waals surface area contributed by atoms with E-state index in [1.54, 1.807) is 0 Å². The van der Waals surface area contributed by atoms with Gasteiger partial charge in [-0.05, 0) is 62.2 Å². The Balaban J connectivity index is 1.08. The first kappa shape index (κ1) is 31.0. The molecule has 2 aromatic heterocycles. The zero-order valence-electron chi connectivity index (χ0n) is 30.1. The summed E-state index contributed by atoms with van der Waals surface area (Å²) in [6, 6.07) is 66.6. The highest BCUT2D eigenvalue weighted by atomic mass is 16.3. The maximum Gasteiger partial charge on any atom is 0.164 e. The van der Waals surface area contributed by atoms with E-state index in [0.717, 1.165) is 49.8 Å². The molecule has 0 atom stereocenters. The van der Waals surface area contributed by atoms with Crippen molar-refractivity contribution in [3.05, 3.63) is 210 Å². The van der Waals surface area contributed by atoms with Crippen LogP contribution in [0.15, 0.2) is 192 Å². The van der Waals surface area contributed by atoms with E-state index in [1.165, 1.54) is 44.5 Å². The molecule has 1 spiro atoms. The van der Waals surface area contributed by atoms with Crippen molar-refractivity contribution < 1.29 is 4.42 Å². The summed E-state index contributed by atoms with van der Waals surface area (Å²) in [5, 5.41) is 2.00. The van der Waals surface area contributed by atoms with Gasteiger partial charge in [0, 0.05) is 33.0 Å². The maximum atomic E-state index is 6.87. The number of rotatable bonds is 4. The van der Waals surface area contributed by atoms with Gasteiger partial charge in [-0.2, -0.15) is 0 Å². The first-order chi connectivity index (χ1) is 27.8. The average molecular weight is 714 g/mol. The lowest BCUT2D eigenvalue weighted by molar-refractivity contribution is 0.670. The minimum absolute atomic E-state index is 0.421.